The molecule has 1 saturated heterocycles. The summed E-state index contributed by atoms with van der Waals surface area (Å²) in [7, 11) is 1.62. The number of carbonyl (C=O) groups excluding carboxylic acids is 2. The van der Waals surface area contributed by atoms with Crippen molar-refractivity contribution in [2.24, 2.45) is 18.4 Å². The van der Waals surface area contributed by atoms with E-state index in [2.05, 4.69) is 10.3 Å². The molecule has 0 aliphatic carbocycles. The summed E-state index contributed by atoms with van der Waals surface area (Å²) < 4.78 is 45.4. The molecule has 0 spiro atoms. The Balaban J connectivity index is 1.70. The van der Waals surface area contributed by atoms with Crippen molar-refractivity contribution in [3.8, 4) is 11.8 Å². The minimum atomic E-state index is -4.82. The van der Waals surface area contributed by atoms with Crippen molar-refractivity contribution >= 4 is 28.5 Å². The van der Waals surface area contributed by atoms with Gasteiger partial charge in [0.2, 0.25) is 5.91 Å². The van der Waals surface area contributed by atoms with Crippen molar-refractivity contribution in [1.82, 2.24) is 14.5 Å². The van der Waals surface area contributed by atoms with Gasteiger partial charge in [-0.3, -0.25) is 9.59 Å². The van der Waals surface area contributed by atoms with Gasteiger partial charge in [0.15, 0.2) is 0 Å². The number of nitriles is 1. The summed E-state index contributed by atoms with van der Waals surface area (Å²) in [5.74, 6) is -1.67. The highest BCUT2D eigenvalue weighted by Crippen LogP contribution is 2.44. The molecule has 1 aromatic carbocycles. The van der Waals surface area contributed by atoms with Crippen LogP contribution in [0.15, 0.2) is 30.6 Å². The summed E-state index contributed by atoms with van der Waals surface area (Å²) in [5.41, 5.74) is -1.32. The zero-order valence-electron chi connectivity index (χ0n) is 23.1. The molecule has 4 rings (SSSR count). The minimum Gasteiger partial charge on any atom is -0.508 e. The second-order valence-electron chi connectivity index (χ2n) is 11.5. The lowest BCUT2D eigenvalue weighted by Gasteiger charge is -2.37. The molecule has 212 valence electrons. The van der Waals surface area contributed by atoms with Gasteiger partial charge in [0, 0.05) is 43.2 Å². The van der Waals surface area contributed by atoms with E-state index in [1.54, 1.807) is 28.8 Å². The molecule has 1 aliphatic heterocycles. The first-order valence-electron chi connectivity index (χ1n) is 13.0. The van der Waals surface area contributed by atoms with Gasteiger partial charge in [0.05, 0.1) is 29.1 Å². The average molecular weight is 556 g/mol. The zero-order chi connectivity index (χ0) is 29.6. The van der Waals surface area contributed by atoms with E-state index in [1.165, 1.54) is 6.07 Å². The van der Waals surface area contributed by atoms with Crippen molar-refractivity contribution in [3.05, 3.63) is 52.8 Å². The molecule has 1 fully saturated rings. The molecular weight excluding hydrogens is 523 g/mol. The number of alkyl halides is 3. The number of benzene rings is 1. The molecule has 3 aromatic rings. The van der Waals surface area contributed by atoms with Crippen LogP contribution in [-0.2, 0) is 18.0 Å². The summed E-state index contributed by atoms with van der Waals surface area (Å²) in [6.07, 6.45) is -1.22. The average Bonchev–Trinajstić information content (AvgIpc) is 3.22. The molecule has 1 aliphatic rings. The first-order chi connectivity index (χ1) is 18.6. The first kappa shape index (κ1) is 28.9. The van der Waals surface area contributed by atoms with Gasteiger partial charge in [-0.2, -0.15) is 18.4 Å². The fourth-order valence-corrected chi connectivity index (χ4v) is 5.13. The molecule has 3 heterocycles. The third-order valence-corrected chi connectivity index (χ3v) is 7.77. The summed E-state index contributed by atoms with van der Waals surface area (Å²) >= 11 is 0. The van der Waals surface area contributed by atoms with Crippen LogP contribution in [0.25, 0.3) is 11.0 Å². The highest BCUT2D eigenvalue weighted by atomic mass is 19.4. The fourth-order valence-electron chi connectivity index (χ4n) is 5.13. The number of phenols is 1. The Morgan fingerprint density at radius 2 is 1.82 bits per heavy atom. The van der Waals surface area contributed by atoms with E-state index in [0.29, 0.717) is 31.5 Å². The lowest BCUT2D eigenvalue weighted by molar-refractivity contribution is -0.139. The number of nitrogens with zero attached hydrogens (tertiary/aromatic N) is 4. The highest BCUT2D eigenvalue weighted by molar-refractivity contribution is 6.06. The molecule has 2 N–H and O–H groups in total. The van der Waals surface area contributed by atoms with Gasteiger partial charge in [-0.05, 0) is 47.9 Å². The second-order valence-corrected chi connectivity index (χ2v) is 11.5. The number of piperidine rings is 1. The minimum absolute atomic E-state index is 0.0122. The standard InChI is InChI=1S/C29H32F3N5O3/c1-16(28(2,3)4)27(40)37-8-6-18(7-9-37)21-15-36(5)25-23(21)24(29(30,31)32)22(14-34-25)35-26(39)19-10-17(13-33)11-20(38)12-19/h10-12,14-16,18,38H,6-9H2,1-5H3,(H,35,39). The van der Waals surface area contributed by atoms with Gasteiger partial charge in [0.25, 0.3) is 5.91 Å². The first-order valence-corrected chi connectivity index (χ1v) is 13.0. The van der Waals surface area contributed by atoms with E-state index in [9.17, 15) is 27.9 Å². The Hall–Kier alpha value is -4.07. The number of hydrogen-bond acceptors (Lipinski definition) is 5. The summed E-state index contributed by atoms with van der Waals surface area (Å²) in [5, 5.41) is 21.1. The number of rotatable bonds is 4. The van der Waals surface area contributed by atoms with Gasteiger partial charge in [0.1, 0.15) is 11.4 Å². The molecule has 1 atom stereocenters. The maximum Gasteiger partial charge on any atom is 0.419 e. The smallest absolute Gasteiger partial charge is 0.419 e. The zero-order valence-corrected chi connectivity index (χ0v) is 23.1. The summed E-state index contributed by atoms with van der Waals surface area (Å²) in [6, 6.07) is 5.19. The van der Waals surface area contributed by atoms with Crippen LogP contribution in [0.5, 0.6) is 5.75 Å². The number of nitrogens with one attached hydrogen (secondary N) is 1. The number of pyridine rings is 1. The van der Waals surface area contributed by atoms with Crippen molar-refractivity contribution in [1.29, 1.82) is 5.26 Å². The van der Waals surface area contributed by atoms with Crippen LogP contribution >= 0.6 is 0 Å². The Labute approximate surface area is 230 Å². The molecule has 0 radical (unpaired) electrons. The molecule has 11 heteroatoms. The van der Waals surface area contributed by atoms with Crippen molar-refractivity contribution < 1.29 is 27.9 Å². The Bertz CT molecular complexity index is 1510. The molecular formula is C29H32F3N5O3. The Morgan fingerprint density at radius 3 is 2.40 bits per heavy atom. The van der Waals surface area contributed by atoms with Crippen LogP contribution in [-0.4, -0.2) is 44.5 Å². The van der Waals surface area contributed by atoms with Crippen LogP contribution in [0.3, 0.4) is 0 Å². The van der Waals surface area contributed by atoms with E-state index in [4.69, 9.17) is 5.26 Å². The number of halogens is 3. The quantitative estimate of drug-likeness (QED) is 0.422. The van der Waals surface area contributed by atoms with Crippen LogP contribution in [0.2, 0.25) is 0 Å². The molecule has 2 aromatic heterocycles. The SMILES string of the molecule is CC(C(=O)N1CCC(c2cn(C)c3ncc(NC(=O)c4cc(O)cc(C#N)c4)c(C(F)(F)F)c23)CC1)C(C)(C)C. The molecule has 40 heavy (non-hydrogen) atoms. The number of carbonyl (C=O) groups is 2. The number of phenolic OH excluding ortho intramolecular Hbond substituents is 1. The van der Waals surface area contributed by atoms with E-state index < -0.39 is 23.3 Å². The third kappa shape index (κ3) is 5.62. The third-order valence-electron chi connectivity index (χ3n) is 7.77. The number of fused-ring (bicyclic) bond motifs is 1. The topological polar surface area (TPSA) is 111 Å². The van der Waals surface area contributed by atoms with Crippen LogP contribution in [0, 0.1) is 22.7 Å². The summed E-state index contributed by atoms with van der Waals surface area (Å²) in [4.78, 5) is 31.9. The monoisotopic (exact) mass is 555 g/mol. The van der Waals surface area contributed by atoms with E-state index in [1.807, 2.05) is 27.7 Å². The Kier molecular flexibility index (Phi) is 7.58. The summed E-state index contributed by atoms with van der Waals surface area (Å²) in [6.45, 7) is 8.78. The predicted octanol–water partition coefficient (Wildman–Crippen LogP) is 5.81. The number of aryl methyl sites for hydroxylation is 1. The second kappa shape index (κ2) is 10.5. The fraction of sp³-hybridized carbons (Fsp3) is 0.448. The van der Waals surface area contributed by atoms with Gasteiger partial charge in [-0.1, -0.05) is 27.7 Å². The number of aromatic hydroxyl groups is 1. The number of amides is 2. The Morgan fingerprint density at radius 1 is 1.18 bits per heavy atom. The lowest BCUT2D eigenvalue weighted by atomic mass is 9.80. The number of aromatic nitrogens is 2. The number of likely N-dealkylation sites (tertiary alicyclic amines) is 1. The van der Waals surface area contributed by atoms with Crippen LogP contribution in [0.1, 0.15) is 73.5 Å². The van der Waals surface area contributed by atoms with Crippen molar-refractivity contribution in [3.63, 3.8) is 0 Å². The number of anilines is 1. The molecule has 0 bridgehead atoms. The van der Waals surface area contributed by atoms with Gasteiger partial charge < -0.3 is 19.9 Å². The largest absolute Gasteiger partial charge is 0.508 e. The lowest BCUT2D eigenvalue weighted by Crippen LogP contribution is -2.43. The molecule has 2 amide bonds. The molecule has 0 saturated carbocycles. The van der Waals surface area contributed by atoms with Crippen molar-refractivity contribution in [2.45, 2.75) is 52.6 Å². The normalized spacial score (nSPS) is 15.6. The van der Waals surface area contributed by atoms with E-state index >= 15 is 0 Å². The number of hydrogen-bond donors (Lipinski definition) is 2. The highest BCUT2D eigenvalue weighted by Gasteiger charge is 2.40. The van der Waals surface area contributed by atoms with Crippen LogP contribution in [0.4, 0.5) is 18.9 Å². The van der Waals surface area contributed by atoms with Crippen LogP contribution < -0.4 is 5.32 Å². The maximum absolute atomic E-state index is 14.6. The van der Waals surface area contributed by atoms with Gasteiger partial charge >= 0.3 is 6.18 Å². The van der Waals surface area contributed by atoms with Gasteiger partial charge in [-0.25, -0.2) is 4.98 Å². The maximum atomic E-state index is 14.6. The van der Waals surface area contributed by atoms with E-state index in [0.717, 1.165) is 18.3 Å². The van der Waals surface area contributed by atoms with Crippen molar-refractivity contribution in [2.75, 3.05) is 18.4 Å². The predicted molar refractivity (Wildman–Crippen MR) is 144 cm³/mol. The van der Waals surface area contributed by atoms with E-state index in [-0.39, 0.29) is 51.1 Å². The molecule has 8 nitrogen and oxygen atoms in total. The molecule has 1 unspecified atom stereocenters. The van der Waals surface area contributed by atoms with Gasteiger partial charge in [-0.15, -0.1) is 0 Å².